The summed E-state index contributed by atoms with van der Waals surface area (Å²) in [6.45, 7) is 4.62. The van der Waals surface area contributed by atoms with Crippen LogP contribution in [0.25, 0.3) is 0 Å². The lowest BCUT2D eigenvalue weighted by Crippen LogP contribution is -2.44. The fourth-order valence-corrected chi connectivity index (χ4v) is 3.71. The van der Waals surface area contributed by atoms with E-state index in [4.69, 9.17) is 4.74 Å². The molecule has 138 valence electrons. The minimum Gasteiger partial charge on any atom is -0.378 e. The zero-order chi connectivity index (χ0) is 18.3. The van der Waals surface area contributed by atoms with Gasteiger partial charge in [0, 0.05) is 37.4 Å². The third-order valence-corrected chi connectivity index (χ3v) is 5.13. The second-order valence-electron chi connectivity index (χ2n) is 7.03. The fourth-order valence-electron chi connectivity index (χ4n) is 3.71. The fraction of sp³-hybridized carbons (Fsp3) is 0.500. The van der Waals surface area contributed by atoms with Crippen LogP contribution in [0.1, 0.15) is 15.9 Å². The van der Waals surface area contributed by atoms with Gasteiger partial charge in [-0.1, -0.05) is 6.07 Å². The number of aryl methyl sites for hydroxylation is 1. The van der Waals surface area contributed by atoms with E-state index in [0.29, 0.717) is 45.0 Å². The van der Waals surface area contributed by atoms with Gasteiger partial charge in [-0.3, -0.25) is 14.5 Å². The standard InChI is InChI=1S/C18H22N4O4/c1-11-2-3-12(6-15(11)22-5-4-19-18(22)25)17(24)21-7-13-9-26-10-14(8-21)20-16(13)23/h2-3,6,13-14H,4-5,7-10H2,1H3,(H,19,25)(H,20,23)/t13-,14+/m1/s1. The molecule has 8 heteroatoms. The van der Waals surface area contributed by atoms with E-state index in [9.17, 15) is 14.4 Å². The van der Waals surface area contributed by atoms with Crippen molar-refractivity contribution >= 4 is 23.5 Å². The smallest absolute Gasteiger partial charge is 0.322 e. The first-order chi connectivity index (χ1) is 12.5. The van der Waals surface area contributed by atoms with Crippen molar-refractivity contribution in [2.24, 2.45) is 5.92 Å². The number of fused-ring (bicyclic) bond motifs is 3. The van der Waals surface area contributed by atoms with E-state index < -0.39 is 0 Å². The number of rotatable bonds is 2. The Balaban J connectivity index is 1.60. The van der Waals surface area contributed by atoms with Crippen molar-refractivity contribution in [3.8, 4) is 0 Å². The zero-order valence-corrected chi connectivity index (χ0v) is 14.7. The maximum Gasteiger partial charge on any atom is 0.322 e. The SMILES string of the molecule is Cc1ccc(C(=O)N2C[C@H]3COC[C@@H](C2)C(=O)N3)cc1N1CCNC1=O. The van der Waals surface area contributed by atoms with Crippen LogP contribution in [0.15, 0.2) is 18.2 Å². The molecule has 4 rings (SSSR count). The summed E-state index contributed by atoms with van der Waals surface area (Å²) in [7, 11) is 0. The van der Waals surface area contributed by atoms with E-state index in [-0.39, 0.29) is 29.8 Å². The summed E-state index contributed by atoms with van der Waals surface area (Å²) >= 11 is 0. The van der Waals surface area contributed by atoms with Crippen LogP contribution in [-0.2, 0) is 9.53 Å². The molecule has 4 amide bonds. The maximum absolute atomic E-state index is 13.1. The lowest BCUT2D eigenvalue weighted by Gasteiger charge is -2.28. The third kappa shape index (κ3) is 3.01. The van der Waals surface area contributed by atoms with E-state index in [1.165, 1.54) is 0 Å². The van der Waals surface area contributed by atoms with Gasteiger partial charge in [-0.05, 0) is 24.6 Å². The molecular weight excluding hydrogens is 336 g/mol. The Morgan fingerprint density at radius 2 is 2.08 bits per heavy atom. The lowest BCUT2D eigenvalue weighted by atomic mass is 10.1. The highest BCUT2D eigenvalue weighted by Gasteiger charge is 2.35. The number of nitrogens with one attached hydrogen (secondary N) is 2. The van der Waals surface area contributed by atoms with Crippen molar-refractivity contribution in [3.05, 3.63) is 29.3 Å². The van der Waals surface area contributed by atoms with E-state index in [1.54, 1.807) is 21.9 Å². The number of urea groups is 1. The van der Waals surface area contributed by atoms with Crippen molar-refractivity contribution < 1.29 is 19.1 Å². The van der Waals surface area contributed by atoms with Gasteiger partial charge in [-0.15, -0.1) is 0 Å². The van der Waals surface area contributed by atoms with Crippen molar-refractivity contribution in [1.29, 1.82) is 0 Å². The Labute approximate surface area is 151 Å². The summed E-state index contributed by atoms with van der Waals surface area (Å²) in [6, 6.07) is 5.08. The van der Waals surface area contributed by atoms with Gasteiger partial charge in [0.25, 0.3) is 5.91 Å². The minimum atomic E-state index is -0.347. The average molecular weight is 358 g/mol. The molecule has 1 aromatic carbocycles. The van der Waals surface area contributed by atoms with E-state index >= 15 is 0 Å². The average Bonchev–Trinajstić information content (AvgIpc) is 2.86. The first-order valence-electron chi connectivity index (χ1n) is 8.86. The Kier molecular flexibility index (Phi) is 4.28. The number of ether oxygens (including phenoxy) is 1. The highest BCUT2D eigenvalue weighted by molar-refractivity contribution is 5.99. The van der Waals surface area contributed by atoms with Crippen LogP contribution in [0.4, 0.5) is 10.5 Å². The van der Waals surface area contributed by atoms with Crippen molar-refractivity contribution in [2.75, 3.05) is 44.3 Å². The van der Waals surface area contributed by atoms with Crippen LogP contribution in [0.2, 0.25) is 0 Å². The molecule has 0 unspecified atom stereocenters. The van der Waals surface area contributed by atoms with Gasteiger partial charge in [0.15, 0.2) is 0 Å². The summed E-state index contributed by atoms with van der Waals surface area (Å²) in [5.74, 6) is -0.527. The molecule has 3 fully saturated rings. The topological polar surface area (TPSA) is 91.0 Å². The molecule has 0 aliphatic carbocycles. The van der Waals surface area contributed by atoms with Gasteiger partial charge >= 0.3 is 6.03 Å². The van der Waals surface area contributed by atoms with Gasteiger partial charge in [0.05, 0.1) is 25.2 Å². The van der Waals surface area contributed by atoms with Gasteiger partial charge in [-0.25, -0.2) is 4.79 Å². The molecule has 0 radical (unpaired) electrons. The Morgan fingerprint density at radius 1 is 1.23 bits per heavy atom. The Bertz CT molecular complexity index is 766. The van der Waals surface area contributed by atoms with Crippen LogP contribution in [0, 0.1) is 12.8 Å². The monoisotopic (exact) mass is 358 g/mol. The molecule has 3 saturated heterocycles. The van der Waals surface area contributed by atoms with Crippen LogP contribution in [0.5, 0.6) is 0 Å². The second-order valence-corrected chi connectivity index (χ2v) is 7.03. The van der Waals surface area contributed by atoms with Gasteiger partial charge in [-0.2, -0.15) is 0 Å². The van der Waals surface area contributed by atoms with Gasteiger partial charge in [0.2, 0.25) is 5.91 Å². The molecule has 2 bridgehead atoms. The molecule has 2 atom stereocenters. The van der Waals surface area contributed by atoms with Crippen molar-refractivity contribution in [1.82, 2.24) is 15.5 Å². The first-order valence-corrected chi connectivity index (χ1v) is 8.86. The van der Waals surface area contributed by atoms with E-state index in [0.717, 1.165) is 11.3 Å². The maximum atomic E-state index is 13.1. The molecule has 3 aliphatic heterocycles. The summed E-state index contributed by atoms with van der Waals surface area (Å²) in [5.41, 5.74) is 2.22. The number of hydrogen-bond acceptors (Lipinski definition) is 4. The molecule has 2 N–H and O–H groups in total. The number of amides is 4. The quantitative estimate of drug-likeness (QED) is 0.785. The summed E-state index contributed by atoms with van der Waals surface area (Å²) in [4.78, 5) is 40.6. The Hall–Kier alpha value is -2.61. The van der Waals surface area contributed by atoms with E-state index in [1.807, 2.05) is 13.0 Å². The molecule has 0 spiro atoms. The largest absolute Gasteiger partial charge is 0.378 e. The number of anilines is 1. The van der Waals surface area contributed by atoms with Crippen LogP contribution >= 0.6 is 0 Å². The minimum absolute atomic E-state index is 0.0545. The van der Waals surface area contributed by atoms with Crippen LogP contribution in [-0.4, -0.2) is 68.2 Å². The number of hydrogen-bond donors (Lipinski definition) is 2. The predicted octanol–water partition coefficient (Wildman–Crippen LogP) is 0.112. The van der Waals surface area contributed by atoms with Gasteiger partial charge in [0.1, 0.15) is 0 Å². The second kappa shape index (κ2) is 6.60. The molecular formula is C18H22N4O4. The summed E-state index contributed by atoms with van der Waals surface area (Å²) < 4.78 is 5.51. The van der Waals surface area contributed by atoms with Gasteiger partial charge < -0.3 is 20.3 Å². The highest BCUT2D eigenvalue weighted by atomic mass is 16.5. The molecule has 0 saturated carbocycles. The molecule has 3 aliphatic rings. The number of carbonyl (C=O) groups excluding carboxylic acids is 3. The summed E-state index contributed by atoms with van der Waals surface area (Å²) in [5, 5.41) is 5.71. The number of carbonyl (C=O) groups is 3. The Morgan fingerprint density at radius 3 is 2.85 bits per heavy atom. The molecule has 3 heterocycles. The van der Waals surface area contributed by atoms with E-state index in [2.05, 4.69) is 10.6 Å². The van der Waals surface area contributed by atoms with Crippen molar-refractivity contribution in [2.45, 2.75) is 13.0 Å². The normalized spacial score (nSPS) is 25.6. The third-order valence-electron chi connectivity index (χ3n) is 5.13. The van der Waals surface area contributed by atoms with Crippen LogP contribution in [0.3, 0.4) is 0 Å². The lowest BCUT2D eigenvalue weighted by molar-refractivity contribution is -0.125. The number of benzene rings is 1. The van der Waals surface area contributed by atoms with Crippen LogP contribution < -0.4 is 15.5 Å². The zero-order valence-electron chi connectivity index (χ0n) is 14.7. The molecule has 1 aromatic rings. The first kappa shape index (κ1) is 16.8. The molecule has 8 nitrogen and oxygen atoms in total. The highest BCUT2D eigenvalue weighted by Crippen LogP contribution is 2.25. The predicted molar refractivity (Wildman–Crippen MR) is 94.1 cm³/mol. The number of nitrogens with zero attached hydrogens (tertiary/aromatic N) is 2. The molecule has 0 aromatic heterocycles. The molecule has 26 heavy (non-hydrogen) atoms. The summed E-state index contributed by atoms with van der Waals surface area (Å²) in [6.07, 6.45) is 0. The van der Waals surface area contributed by atoms with Crippen molar-refractivity contribution in [3.63, 3.8) is 0 Å².